The molecule has 0 spiro atoms. The van der Waals surface area contributed by atoms with Gasteiger partial charge in [-0.25, -0.2) is 0 Å². The molecule has 106 valence electrons. The van der Waals surface area contributed by atoms with E-state index in [1.54, 1.807) is 23.9 Å². The second-order valence-corrected chi connectivity index (χ2v) is 4.69. The number of pyridine rings is 1. The highest BCUT2D eigenvalue weighted by atomic mass is 35.5. The number of methoxy groups -OCH3 is 1. The third kappa shape index (κ3) is 4.03. The summed E-state index contributed by atoms with van der Waals surface area (Å²) in [5, 5.41) is 0.556. The van der Waals surface area contributed by atoms with Crippen molar-refractivity contribution in [3.8, 4) is 11.5 Å². The van der Waals surface area contributed by atoms with Crippen LogP contribution in [-0.2, 0) is 6.54 Å². The topological polar surface area (TPSA) is 40.5 Å². The van der Waals surface area contributed by atoms with Crippen molar-refractivity contribution >= 4 is 11.6 Å². The summed E-state index contributed by atoms with van der Waals surface area (Å²) in [6, 6.07) is 10.4. The summed E-state index contributed by atoms with van der Waals surface area (Å²) in [7, 11) is 1.62. The van der Waals surface area contributed by atoms with E-state index in [9.17, 15) is 4.79 Å². The molecule has 4 nitrogen and oxygen atoms in total. The standard InChI is InChI=1S/C15H16ClNO3/c1-19-13-4-6-14(7-5-13)20-10-2-9-17-11-12(16)3-8-15(17)18/h3-8,11H,2,9-10H2,1H3. The Hall–Kier alpha value is -1.94. The van der Waals surface area contributed by atoms with Crippen LogP contribution in [0.15, 0.2) is 47.4 Å². The monoisotopic (exact) mass is 293 g/mol. The van der Waals surface area contributed by atoms with Gasteiger partial charge >= 0.3 is 0 Å². The van der Waals surface area contributed by atoms with Crippen molar-refractivity contribution in [3.05, 3.63) is 58.0 Å². The largest absolute Gasteiger partial charge is 0.497 e. The minimum atomic E-state index is -0.0566. The summed E-state index contributed by atoms with van der Waals surface area (Å²) in [4.78, 5) is 11.6. The Morgan fingerprint density at radius 3 is 2.50 bits per heavy atom. The maximum Gasteiger partial charge on any atom is 0.250 e. The van der Waals surface area contributed by atoms with E-state index in [4.69, 9.17) is 21.1 Å². The minimum absolute atomic E-state index is 0.0566. The molecule has 0 saturated carbocycles. The molecule has 0 bridgehead atoms. The molecule has 0 saturated heterocycles. The molecule has 1 heterocycles. The molecule has 20 heavy (non-hydrogen) atoms. The average molecular weight is 294 g/mol. The quantitative estimate of drug-likeness (QED) is 0.769. The van der Waals surface area contributed by atoms with Crippen molar-refractivity contribution in [1.82, 2.24) is 4.57 Å². The van der Waals surface area contributed by atoms with Crippen LogP contribution in [-0.4, -0.2) is 18.3 Å². The van der Waals surface area contributed by atoms with Crippen molar-refractivity contribution in [2.75, 3.05) is 13.7 Å². The Morgan fingerprint density at radius 1 is 1.10 bits per heavy atom. The highest BCUT2D eigenvalue weighted by Gasteiger charge is 1.99. The minimum Gasteiger partial charge on any atom is -0.497 e. The van der Waals surface area contributed by atoms with Crippen LogP contribution < -0.4 is 15.0 Å². The first-order valence-corrected chi connectivity index (χ1v) is 6.70. The van der Waals surface area contributed by atoms with Crippen molar-refractivity contribution < 1.29 is 9.47 Å². The number of aryl methyl sites for hydroxylation is 1. The van der Waals surface area contributed by atoms with E-state index < -0.39 is 0 Å². The zero-order chi connectivity index (χ0) is 14.4. The summed E-state index contributed by atoms with van der Waals surface area (Å²) < 4.78 is 12.2. The molecular formula is C15H16ClNO3. The molecule has 0 atom stereocenters. The van der Waals surface area contributed by atoms with Crippen molar-refractivity contribution in [2.45, 2.75) is 13.0 Å². The first kappa shape index (κ1) is 14.5. The highest BCUT2D eigenvalue weighted by molar-refractivity contribution is 6.30. The number of benzene rings is 1. The van der Waals surface area contributed by atoms with Crippen LogP contribution in [0.4, 0.5) is 0 Å². The lowest BCUT2D eigenvalue weighted by atomic mass is 10.3. The van der Waals surface area contributed by atoms with Gasteiger partial charge < -0.3 is 14.0 Å². The van der Waals surface area contributed by atoms with Crippen LogP contribution in [0, 0.1) is 0 Å². The summed E-state index contributed by atoms with van der Waals surface area (Å²) in [6.07, 6.45) is 2.36. The molecule has 5 heteroatoms. The molecule has 0 unspecified atom stereocenters. The molecule has 0 aliphatic rings. The first-order valence-electron chi connectivity index (χ1n) is 6.32. The lowest BCUT2D eigenvalue weighted by molar-refractivity contribution is 0.300. The second-order valence-electron chi connectivity index (χ2n) is 4.26. The molecule has 0 aliphatic carbocycles. The summed E-state index contributed by atoms with van der Waals surface area (Å²) >= 11 is 5.85. The number of nitrogens with zero attached hydrogens (tertiary/aromatic N) is 1. The van der Waals surface area contributed by atoms with Crippen molar-refractivity contribution in [1.29, 1.82) is 0 Å². The van der Waals surface area contributed by atoms with E-state index in [0.29, 0.717) is 18.2 Å². The third-order valence-electron chi connectivity index (χ3n) is 2.82. The number of aromatic nitrogens is 1. The normalized spacial score (nSPS) is 10.3. The van der Waals surface area contributed by atoms with E-state index in [2.05, 4.69) is 0 Å². The van der Waals surface area contributed by atoms with Crippen LogP contribution >= 0.6 is 11.6 Å². The Balaban J connectivity index is 1.81. The van der Waals surface area contributed by atoms with E-state index in [0.717, 1.165) is 17.9 Å². The Bertz CT molecular complexity index is 607. The maximum atomic E-state index is 11.6. The van der Waals surface area contributed by atoms with E-state index in [-0.39, 0.29) is 5.56 Å². The van der Waals surface area contributed by atoms with Crippen LogP contribution in [0.25, 0.3) is 0 Å². The summed E-state index contributed by atoms with van der Waals surface area (Å²) in [5.74, 6) is 1.58. The SMILES string of the molecule is COc1ccc(OCCCn2cc(Cl)ccc2=O)cc1. The molecule has 1 aromatic carbocycles. The first-order chi connectivity index (χ1) is 9.69. The average Bonchev–Trinajstić information content (AvgIpc) is 2.47. The van der Waals surface area contributed by atoms with Gasteiger partial charge in [0.05, 0.1) is 18.7 Å². The Labute approximate surface area is 122 Å². The third-order valence-corrected chi connectivity index (χ3v) is 3.04. The highest BCUT2D eigenvalue weighted by Crippen LogP contribution is 2.17. The van der Waals surface area contributed by atoms with E-state index >= 15 is 0 Å². The fourth-order valence-electron chi connectivity index (χ4n) is 1.77. The van der Waals surface area contributed by atoms with E-state index in [1.807, 2.05) is 24.3 Å². The van der Waals surface area contributed by atoms with Gasteiger partial charge in [-0.1, -0.05) is 11.6 Å². The maximum absolute atomic E-state index is 11.6. The van der Waals surface area contributed by atoms with Gasteiger partial charge in [-0.15, -0.1) is 0 Å². The molecule has 0 radical (unpaired) electrons. The molecular weight excluding hydrogens is 278 g/mol. The predicted molar refractivity (Wildman–Crippen MR) is 78.8 cm³/mol. The number of hydrogen-bond donors (Lipinski definition) is 0. The van der Waals surface area contributed by atoms with Crippen LogP contribution in [0.5, 0.6) is 11.5 Å². The van der Waals surface area contributed by atoms with Gasteiger partial charge in [-0.05, 0) is 36.8 Å². The smallest absolute Gasteiger partial charge is 0.250 e. The van der Waals surface area contributed by atoms with Gasteiger partial charge in [0.1, 0.15) is 11.5 Å². The van der Waals surface area contributed by atoms with Gasteiger partial charge in [0.15, 0.2) is 0 Å². The lowest BCUT2D eigenvalue weighted by Gasteiger charge is -2.08. The van der Waals surface area contributed by atoms with Crippen molar-refractivity contribution in [3.63, 3.8) is 0 Å². The Morgan fingerprint density at radius 2 is 1.80 bits per heavy atom. The summed E-state index contributed by atoms with van der Waals surface area (Å²) in [6.45, 7) is 1.11. The fourth-order valence-corrected chi connectivity index (χ4v) is 1.95. The molecule has 2 aromatic rings. The van der Waals surface area contributed by atoms with Crippen molar-refractivity contribution in [2.24, 2.45) is 0 Å². The molecule has 0 fully saturated rings. The zero-order valence-electron chi connectivity index (χ0n) is 11.2. The number of halogens is 1. The van der Waals surface area contributed by atoms with Gasteiger partial charge in [-0.2, -0.15) is 0 Å². The second kappa shape index (κ2) is 7.01. The Kier molecular flexibility index (Phi) is 5.07. The van der Waals surface area contributed by atoms with Gasteiger partial charge in [0, 0.05) is 18.8 Å². The zero-order valence-corrected chi connectivity index (χ0v) is 12.0. The molecule has 2 rings (SSSR count). The van der Waals surface area contributed by atoms with Gasteiger partial charge in [-0.3, -0.25) is 4.79 Å². The summed E-state index contributed by atoms with van der Waals surface area (Å²) in [5.41, 5.74) is -0.0566. The predicted octanol–water partition coefficient (Wildman–Crippen LogP) is 2.98. The number of ether oxygens (including phenoxy) is 2. The van der Waals surface area contributed by atoms with Crippen LogP contribution in [0.3, 0.4) is 0 Å². The van der Waals surface area contributed by atoms with E-state index in [1.165, 1.54) is 6.07 Å². The molecule has 0 N–H and O–H groups in total. The lowest BCUT2D eigenvalue weighted by Crippen LogP contribution is -2.19. The van der Waals surface area contributed by atoms with Gasteiger partial charge in [0.2, 0.25) is 0 Å². The number of hydrogen-bond acceptors (Lipinski definition) is 3. The van der Waals surface area contributed by atoms with Crippen LogP contribution in [0.1, 0.15) is 6.42 Å². The van der Waals surface area contributed by atoms with Gasteiger partial charge in [0.25, 0.3) is 5.56 Å². The molecule has 0 amide bonds. The number of rotatable bonds is 6. The molecule has 1 aromatic heterocycles. The van der Waals surface area contributed by atoms with Crippen LogP contribution in [0.2, 0.25) is 5.02 Å². The fraction of sp³-hybridized carbons (Fsp3) is 0.267. The molecule has 0 aliphatic heterocycles.